The topological polar surface area (TPSA) is 84.7 Å². The van der Waals surface area contributed by atoms with E-state index in [1.807, 2.05) is 43.9 Å². The number of piperidine rings is 1. The van der Waals surface area contributed by atoms with E-state index >= 15 is 0 Å². The van der Waals surface area contributed by atoms with Gasteiger partial charge in [0.15, 0.2) is 5.69 Å². The van der Waals surface area contributed by atoms with Gasteiger partial charge in [-0.1, -0.05) is 35.5 Å². The van der Waals surface area contributed by atoms with E-state index in [1.165, 1.54) is 0 Å². The van der Waals surface area contributed by atoms with Crippen LogP contribution in [-0.4, -0.2) is 46.3 Å². The van der Waals surface area contributed by atoms with Gasteiger partial charge >= 0.3 is 6.09 Å². The van der Waals surface area contributed by atoms with Crippen LogP contribution in [-0.2, 0) is 11.2 Å². The molecule has 7 nitrogen and oxygen atoms in total. The van der Waals surface area contributed by atoms with E-state index in [0.717, 1.165) is 24.2 Å². The highest BCUT2D eigenvalue weighted by Gasteiger charge is 2.35. The SMILES string of the molecule is CC(C)(C)OC(=O)N1CC[C@H](NC(=O)c2cc(C3CC3)on2)C[C@@H]1Cc1ccccc1. The molecule has 31 heavy (non-hydrogen) atoms. The minimum Gasteiger partial charge on any atom is -0.444 e. The van der Waals surface area contributed by atoms with Gasteiger partial charge in [-0.3, -0.25) is 4.79 Å². The largest absolute Gasteiger partial charge is 0.444 e. The average Bonchev–Trinajstić information content (AvgIpc) is 3.44. The van der Waals surface area contributed by atoms with Crippen molar-refractivity contribution in [3.8, 4) is 0 Å². The molecule has 0 unspecified atom stereocenters. The molecule has 1 saturated carbocycles. The van der Waals surface area contributed by atoms with Crippen molar-refractivity contribution in [2.24, 2.45) is 0 Å². The zero-order valence-corrected chi connectivity index (χ0v) is 18.5. The van der Waals surface area contributed by atoms with Crippen molar-refractivity contribution >= 4 is 12.0 Å². The molecule has 2 atom stereocenters. The summed E-state index contributed by atoms with van der Waals surface area (Å²) in [4.78, 5) is 27.3. The van der Waals surface area contributed by atoms with Gasteiger partial charge in [-0.15, -0.1) is 0 Å². The van der Waals surface area contributed by atoms with Crippen LogP contribution in [0, 0.1) is 0 Å². The number of aromatic nitrogens is 1. The summed E-state index contributed by atoms with van der Waals surface area (Å²) in [7, 11) is 0. The van der Waals surface area contributed by atoms with Gasteiger partial charge in [-0.25, -0.2) is 4.79 Å². The van der Waals surface area contributed by atoms with E-state index in [2.05, 4.69) is 22.6 Å². The molecular formula is C24H31N3O4. The minimum atomic E-state index is -0.550. The zero-order valence-electron chi connectivity index (χ0n) is 18.5. The predicted molar refractivity (Wildman–Crippen MR) is 116 cm³/mol. The number of carbonyl (C=O) groups is 2. The summed E-state index contributed by atoms with van der Waals surface area (Å²) in [6.45, 7) is 6.15. The van der Waals surface area contributed by atoms with Gasteiger partial charge < -0.3 is 19.5 Å². The molecule has 2 aliphatic rings. The van der Waals surface area contributed by atoms with Crippen LogP contribution in [0.4, 0.5) is 4.79 Å². The first-order valence-corrected chi connectivity index (χ1v) is 11.1. The van der Waals surface area contributed by atoms with Crippen molar-refractivity contribution in [2.45, 2.75) is 76.5 Å². The number of hydrogen-bond donors (Lipinski definition) is 1. The van der Waals surface area contributed by atoms with Crippen LogP contribution < -0.4 is 5.32 Å². The number of nitrogens with one attached hydrogen (secondary N) is 1. The summed E-state index contributed by atoms with van der Waals surface area (Å²) in [5, 5.41) is 7.03. The van der Waals surface area contributed by atoms with Gasteiger partial charge in [-0.05, 0) is 58.4 Å². The second-order valence-electron chi connectivity index (χ2n) is 9.60. The Morgan fingerprint density at radius 2 is 1.94 bits per heavy atom. The van der Waals surface area contributed by atoms with E-state index < -0.39 is 5.60 Å². The summed E-state index contributed by atoms with van der Waals surface area (Å²) >= 11 is 0. The molecule has 2 heterocycles. The monoisotopic (exact) mass is 425 g/mol. The van der Waals surface area contributed by atoms with Crippen LogP contribution >= 0.6 is 0 Å². The van der Waals surface area contributed by atoms with Crippen molar-refractivity contribution in [3.05, 3.63) is 53.4 Å². The van der Waals surface area contributed by atoms with Crippen molar-refractivity contribution in [3.63, 3.8) is 0 Å². The van der Waals surface area contributed by atoms with Crippen LogP contribution in [0.1, 0.15) is 74.2 Å². The third kappa shape index (κ3) is 5.66. The first-order chi connectivity index (χ1) is 14.8. The predicted octanol–water partition coefficient (Wildman–Crippen LogP) is 4.29. The number of likely N-dealkylation sites (tertiary alicyclic amines) is 1. The molecule has 1 N–H and O–H groups in total. The molecular weight excluding hydrogens is 394 g/mol. The Labute approximate surface area is 183 Å². The second-order valence-corrected chi connectivity index (χ2v) is 9.60. The van der Waals surface area contributed by atoms with E-state index in [1.54, 1.807) is 6.07 Å². The van der Waals surface area contributed by atoms with E-state index in [0.29, 0.717) is 37.4 Å². The van der Waals surface area contributed by atoms with Crippen LogP contribution in [0.15, 0.2) is 40.9 Å². The van der Waals surface area contributed by atoms with Crippen molar-refractivity contribution < 1.29 is 18.8 Å². The lowest BCUT2D eigenvalue weighted by Crippen LogP contribution is -2.53. The Bertz CT molecular complexity index is 914. The Morgan fingerprint density at radius 3 is 2.61 bits per heavy atom. The molecule has 1 aromatic heterocycles. The van der Waals surface area contributed by atoms with E-state index in [4.69, 9.17) is 9.26 Å². The lowest BCUT2D eigenvalue weighted by molar-refractivity contribution is 0.00730. The number of nitrogens with zero attached hydrogens (tertiary/aromatic N) is 2. The molecule has 166 valence electrons. The normalized spacial score (nSPS) is 21.6. The summed E-state index contributed by atoms with van der Waals surface area (Å²) in [6, 6.07) is 11.7. The maximum absolute atomic E-state index is 12.8. The third-order valence-electron chi connectivity index (χ3n) is 5.73. The Kier molecular flexibility index (Phi) is 6.03. The van der Waals surface area contributed by atoms with Crippen LogP contribution in [0.25, 0.3) is 0 Å². The molecule has 1 aromatic carbocycles. The van der Waals surface area contributed by atoms with Gasteiger partial charge in [0.05, 0.1) is 0 Å². The molecule has 2 fully saturated rings. The molecule has 2 amide bonds. The summed E-state index contributed by atoms with van der Waals surface area (Å²) in [5.41, 5.74) is 0.931. The maximum Gasteiger partial charge on any atom is 0.410 e. The highest BCUT2D eigenvalue weighted by Crippen LogP contribution is 2.40. The fraction of sp³-hybridized carbons (Fsp3) is 0.542. The molecule has 2 aromatic rings. The molecule has 1 saturated heterocycles. The van der Waals surface area contributed by atoms with Crippen molar-refractivity contribution in [1.29, 1.82) is 0 Å². The molecule has 0 bridgehead atoms. The first kappa shape index (κ1) is 21.4. The minimum absolute atomic E-state index is 0.0408. The molecule has 1 aliphatic carbocycles. The summed E-state index contributed by atoms with van der Waals surface area (Å²) < 4.78 is 11.0. The lowest BCUT2D eigenvalue weighted by atomic mass is 9.92. The van der Waals surface area contributed by atoms with Crippen molar-refractivity contribution in [1.82, 2.24) is 15.4 Å². The smallest absolute Gasteiger partial charge is 0.410 e. The van der Waals surface area contributed by atoms with Gasteiger partial charge in [-0.2, -0.15) is 0 Å². The number of rotatable bonds is 5. The van der Waals surface area contributed by atoms with Gasteiger partial charge in [0, 0.05) is 30.6 Å². The molecule has 7 heteroatoms. The Hall–Kier alpha value is -2.83. The molecule has 0 radical (unpaired) electrons. The number of carbonyl (C=O) groups excluding carboxylic acids is 2. The highest BCUT2D eigenvalue weighted by atomic mass is 16.6. The second kappa shape index (κ2) is 8.73. The highest BCUT2D eigenvalue weighted by molar-refractivity contribution is 5.92. The van der Waals surface area contributed by atoms with Gasteiger partial charge in [0.2, 0.25) is 0 Å². The van der Waals surface area contributed by atoms with Crippen LogP contribution in [0.3, 0.4) is 0 Å². The summed E-state index contributed by atoms with van der Waals surface area (Å²) in [5.74, 6) is 0.998. The molecule has 1 aliphatic heterocycles. The number of amides is 2. The third-order valence-corrected chi connectivity index (χ3v) is 5.73. The maximum atomic E-state index is 12.8. The quantitative estimate of drug-likeness (QED) is 0.772. The lowest BCUT2D eigenvalue weighted by Gasteiger charge is -2.40. The number of ether oxygens (including phenoxy) is 1. The fourth-order valence-corrected chi connectivity index (χ4v) is 4.04. The number of hydrogen-bond acceptors (Lipinski definition) is 5. The van der Waals surface area contributed by atoms with Gasteiger partial charge in [0.1, 0.15) is 11.4 Å². The van der Waals surface area contributed by atoms with Crippen LogP contribution in [0.5, 0.6) is 0 Å². The Morgan fingerprint density at radius 1 is 1.19 bits per heavy atom. The average molecular weight is 426 g/mol. The zero-order chi connectivity index (χ0) is 22.0. The van der Waals surface area contributed by atoms with E-state index in [-0.39, 0.29) is 24.1 Å². The van der Waals surface area contributed by atoms with Gasteiger partial charge in [0.25, 0.3) is 5.91 Å². The summed E-state index contributed by atoms with van der Waals surface area (Å²) in [6.07, 6.45) is 3.93. The number of benzene rings is 1. The first-order valence-electron chi connectivity index (χ1n) is 11.1. The molecule has 0 spiro atoms. The van der Waals surface area contributed by atoms with Crippen molar-refractivity contribution in [2.75, 3.05) is 6.54 Å². The standard InChI is InChI=1S/C24H31N3O4/c1-24(2,3)30-23(29)27-12-11-18(14-19(27)13-16-7-5-4-6-8-16)25-22(28)20-15-21(31-26-20)17-9-10-17/h4-8,15,17-19H,9-14H2,1-3H3,(H,25,28)/t18-,19-/m0/s1. The fourth-order valence-electron chi connectivity index (χ4n) is 4.04. The van der Waals surface area contributed by atoms with E-state index in [9.17, 15) is 9.59 Å². The van der Waals surface area contributed by atoms with Crippen LogP contribution in [0.2, 0.25) is 0 Å². The molecule has 4 rings (SSSR count). The Balaban J connectivity index is 1.43.